The average Bonchev–Trinajstić information content (AvgIpc) is 3.21. The van der Waals surface area contributed by atoms with E-state index in [-0.39, 0.29) is 11.9 Å². The van der Waals surface area contributed by atoms with Gasteiger partial charge in [0.1, 0.15) is 6.04 Å². The van der Waals surface area contributed by atoms with E-state index < -0.39 is 0 Å². The predicted molar refractivity (Wildman–Crippen MR) is 118 cm³/mol. The number of carbonyl (C=O) groups is 1. The molecule has 0 bridgehead atoms. The lowest BCUT2D eigenvalue weighted by Crippen LogP contribution is -2.87. The average molecular weight is 394 g/mol. The zero-order valence-electron chi connectivity index (χ0n) is 16.9. The summed E-state index contributed by atoms with van der Waals surface area (Å²) in [5.74, 6) is 0.0292. The first-order valence-corrected chi connectivity index (χ1v) is 10.8. The second-order valence-corrected chi connectivity index (χ2v) is 8.22. The third kappa shape index (κ3) is 5.09. The Bertz CT molecular complexity index is 881. The van der Waals surface area contributed by atoms with Crippen LogP contribution in [0.1, 0.15) is 46.5 Å². The Morgan fingerprint density at radius 3 is 2.36 bits per heavy atom. The molecule has 3 nitrogen and oxygen atoms in total. The van der Waals surface area contributed by atoms with Crippen molar-refractivity contribution in [2.24, 2.45) is 0 Å². The number of hydrogen-bond donors (Lipinski definition) is 2. The van der Waals surface area contributed by atoms with Crippen LogP contribution in [0.25, 0.3) is 0 Å². The molecule has 1 heterocycles. The molecule has 4 heteroatoms. The van der Waals surface area contributed by atoms with Gasteiger partial charge in [0.15, 0.2) is 6.54 Å². The molecule has 0 fully saturated rings. The van der Waals surface area contributed by atoms with Gasteiger partial charge in [0, 0.05) is 11.3 Å². The third-order valence-electron chi connectivity index (χ3n) is 5.01. The van der Waals surface area contributed by atoms with Crippen LogP contribution in [0.3, 0.4) is 0 Å². The summed E-state index contributed by atoms with van der Waals surface area (Å²) < 4.78 is 0. The van der Waals surface area contributed by atoms with Crippen molar-refractivity contribution in [1.82, 2.24) is 0 Å². The molecule has 0 aliphatic heterocycles. The van der Waals surface area contributed by atoms with E-state index in [0.29, 0.717) is 6.54 Å². The normalized spacial score (nSPS) is 12.0. The van der Waals surface area contributed by atoms with Gasteiger partial charge in [-0.25, -0.2) is 0 Å². The first-order valence-electron chi connectivity index (χ1n) is 9.90. The van der Waals surface area contributed by atoms with Crippen LogP contribution in [-0.4, -0.2) is 12.5 Å². The van der Waals surface area contributed by atoms with Gasteiger partial charge in [-0.2, -0.15) is 0 Å². The number of benzene rings is 2. The molecule has 0 saturated heterocycles. The van der Waals surface area contributed by atoms with Crippen LogP contribution in [0.15, 0.2) is 60.0 Å². The summed E-state index contributed by atoms with van der Waals surface area (Å²) in [6, 6.07) is 19.3. The van der Waals surface area contributed by atoms with E-state index in [1.807, 2.05) is 32.0 Å². The molecule has 3 N–H and O–H groups in total. The van der Waals surface area contributed by atoms with Gasteiger partial charge in [0.25, 0.3) is 5.91 Å². The Labute approximate surface area is 171 Å². The second-order valence-electron chi connectivity index (χ2n) is 7.24. The van der Waals surface area contributed by atoms with E-state index in [9.17, 15) is 4.79 Å². The van der Waals surface area contributed by atoms with Crippen molar-refractivity contribution < 1.29 is 10.1 Å². The molecule has 28 heavy (non-hydrogen) atoms. The largest absolute Gasteiger partial charge is 0.328 e. The van der Waals surface area contributed by atoms with Crippen molar-refractivity contribution in [2.45, 2.75) is 39.7 Å². The van der Waals surface area contributed by atoms with Crippen molar-refractivity contribution in [3.05, 3.63) is 87.1 Å². The van der Waals surface area contributed by atoms with Gasteiger partial charge in [-0.3, -0.25) is 4.79 Å². The van der Waals surface area contributed by atoms with E-state index in [1.54, 1.807) is 11.3 Å². The summed E-state index contributed by atoms with van der Waals surface area (Å²) in [6.45, 7) is 6.63. The molecule has 1 amide bonds. The predicted octanol–water partition coefficient (Wildman–Crippen LogP) is 4.61. The number of quaternary nitrogens is 1. The van der Waals surface area contributed by atoms with Crippen LogP contribution in [-0.2, 0) is 11.2 Å². The summed E-state index contributed by atoms with van der Waals surface area (Å²) in [5, 5.41) is 7.31. The fourth-order valence-electron chi connectivity index (χ4n) is 3.49. The van der Waals surface area contributed by atoms with E-state index >= 15 is 0 Å². The lowest BCUT2D eigenvalue weighted by Gasteiger charge is -2.16. The number of amides is 1. The summed E-state index contributed by atoms with van der Waals surface area (Å²) in [5.41, 5.74) is 5.72. The zero-order chi connectivity index (χ0) is 19.9. The first kappa shape index (κ1) is 20.3. The molecule has 0 aliphatic rings. The number of thiophene rings is 1. The molecular formula is C24H29N2OS+. The molecule has 146 valence electrons. The highest BCUT2D eigenvalue weighted by molar-refractivity contribution is 7.10. The maximum Gasteiger partial charge on any atom is 0.279 e. The minimum absolute atomic E-state index is 0.0292. The molecule has 0 saturated carbocycles. The lowest BCUT2D eigenvalue weighted by molar-refractivity contribution is -0.675. The highest BCUT2D eigenvalue weighted by Gasteiger charge is 2.20. The molecule has 0 unspecified atom stereocenters. The Hall–Kier alpha value is -2.43. The smallest absolute Gasteiger partial charge is 0.279 e. The SMILES string of the molecule is CCCc1ccc([C@@H]([NH2+]CC(=O)Nc2c(C)cccc2C)c2cccs2)cc1. The van der Waals surface area contributed by atoms with Crippen molar-refractivity contribution in [3.63, 3.8) is 0 Å². The van der Waals surface area contributed by atoms with E-state index in [1.165, 1.54) is 16.0 Å². The van der Waals surface area contributed by atoms with Gasteiger partial charge in [0.2, 0.25) is 0 Å². The maximum absolute atomic E-state index is 12.6. The van der Waals surface area contributed by atoms with E-state index in [4.69, 9.17) is 0 Å². The molecule has 2 aromatic carbocycles. The highest BCUT2D eigenvalue weighted by Crippen LogP contribution is 2.23. The third-order valence-corrected chi connectivity index (χ3v) is 5.97. The first-order chi connectivity index (χ1) is 13.6. The van der Waals surface area contributed by atoms with Crippen molar-refractivity contribution in [2.75, 3.05) is 11.9 Å². The quantitative estimate of drug-likeness (QED) is 0.577. The summed E-state index contributed by atoms with van der Waals surface area (Å²) in [6.07, 6.45) is 2.25. The highest BCUT2D eigenvalue weighted by atomic mass is 32.1. The van der Waals surface area contributed by atoms with Crippen LogP contribution in [0, 0.1) is 13.8 Å². The molecule has 1 aromatic heterocycles. The molecule has 0 aliphatic carbocycles. The van der Waals surface area contributed by atoms with Crippen molar-refractivity contribution >= 4 is 22.9 Å². The number of nitrogens with two attached hydrogens (primary N) is 1. The monoisotopic (exact) mass is 393 g/mol. The molecule has 0 radical (unpaired) electrons. The number of anilines is 1. The number of aryl methyl sites for hydroxylation is 3. The maximum atomic E-state index is 12.6. The number of nitrogens with one attached hydrogen (secondary N) is 1. The molecule has 3 rings (SSSR count). The fraction of sp³-hybridized carbons (Fsp3) is 0.292. The second kappa shape index (κ2) is 9.67. The number of hydrogen-bond acceptors (Lipinski definition) is 2. The van der Waals surface area contributed by atoms with E-state index in [0.717, 1.165) is 29.7 Å². The van der Waals surface area contributed by atoms with Gasteiger partial charge in [-0.05, 0) is 48.4 Å². The Balaban J connectivity index is 1.71. The molecule has 3 aromatic rings. The van der Waals surface area contributed by atoms with Crippen LogP contribution < -0.4 is 10.6 Å². The van der Waals surface area contributed by atoms with Gasteiger partial charge < -0.3 is 10.6 Å². The Morgan fingerprint density at radius 1 is 1.04 bits per heavy atom. The zero-order valence-corrected chi connectivity index (χ0v) is 17.7. The molecule has 1 atom stereocenters. The van der Waals surface area contributed by atoms with Crippen molar-refractivity contribution in [1.29, 1.82) is 0 Å². The number of carbonyl (C=O) groups excluding carboxylic acids is 1. The van der Waals surface area contributed by atoms with Crippen LogP contribution >= 0.6 is 11.3 Å². The Morgan fingerprint density at radius 2 is 1.75 bits per heavy atom. The van der Waals surface area contributed by atoms with Crippen LogP contribution in [0.4, 0.5) is 5.69 Å². The van der Waals surface area contributed by atoms with Crippen molar-refractivity contribution in [3.8, 4) is 0 Å². The molecule has 0 spiro atoms. The van der Waals surface area contributed by atoms with Gasteiger partial charge in [0.05, 0.1) is 4.88 Å². The lowest BCUT2D eigenvalue weighted by atomic mass is 10.0. The number of rotatable bonds is 8. The topological polar surface area (TPSA) is 45.7 Å². The van der Waals surface area contributed by atoms with Crippen LogP contribution in [0.2, 0.25) is 0 Å². The van der Waals surface area contributed by atoms with E-state index in [2.05, 4.69) is 59.3 Å². The standard InChI is InChI=1S/C24H28N2OS/c1-4-7-19-11-13-20(14-12-19)24(21-10-6-15-28-21)25-16-22(27)26-23-17(2)8-5-9-18(23)3/h5-6,8-15,24-25H,4,7,16H2,1-3H3,(H,26,27)/p+1/t24-/m1/s1. The molecular weight excluding hydrogens is 364 g/mol. The van der Waals surface area contributed by atoms with Crippen LogP contribution in [0.5, 0.6) is 0 Å². The van der Waals surface area contributed by atoms with Gasteiger partial charge in [-0.1, -0.05) is 61.9 Å². The fourth-order valence-corrected chi connectivity index (χ4v) is 4.34. The van der Waals surface area contributed by atoms with Gasteiger partial charge >= 0.3 is 0 Å². The minimum atomic E-state index is 0.0292. The Kier molecular flexibility index (Phi) is 7.01. The summed E-state index contributed by atoms with van der Waals surface area (Å²) in [4.78, 5) is 13.9. The minimum Gasteiger partial charge on any atom is -0.328 e. The number of para-hydroxylation sites is 1. The summed E-state index contributed by atoms with van der Waals surface area (Å²) in [7, 11) is 0. The van der Waals surface area contributed by atoms with Gasteiger partial charge in [-0.15, -0.1) is 11.3 Å². The summed E-state index contributed by atoms with van der Waals surface area (Å²) >= 11 is 1.74.